The lowest BCUT2D eigenvalue weighted by atomic mass is 10.2. The largest absolute Gasteiger partial charge is 0.348 e. The molecule has 0 radical (unpaired) electrons. The van der Waals surface area contributed by atoms with Crippen molar-refractivity contribution >= 4 is 52.8 Å². The van der Waals surface area contributed by atoms with Crippen LogP contribution >= 0.6 is 46.9 Å². The summed E-state index contributed by atoms with van der Waals surface area (Å²) in [6.45, 7) is 0.450. The zero-order chi connectivity index (χ0) is 17.8. The van der Waals surface area contributed by atoms with Crippen molar-refractivity contribution in [3.8, 4) is 5.69 Å². The molecule has 0 saturated carbocycles. The van der Waals surface area contributed by atoms with Gasteiger partial charge in [-0.05, 0) is 60.4 Å². The van der Waals surface area contributed by atoms with E-state index in [0.717, 1.165) is 15.6 Å². The summed E-state index contributed by atoms with van der Waals surface area (Å²) < 4.78 is 3.31. The lowest BCUT2D eigenvalue weighted by Crippen LogP contribution is -2.22. The van der Waals surface area contributed by atoms with Crippen LogP contribution in [0.1, 0.15) is 15.9 Å². The summed E-state index contributed by atoms with van der Waals surface area (Å²) in [6.07, 6.45) is 1.96. The van der Waals surface area contributed by atoms with E-state index in [1.165, 1.54) is 11.3 Å². The van der Waals surface area contributed by atoms with Crippen molar-refractivity contribution in [1.82, 2.24) is 15.1 Å². The topological polar surface area (TPSA) is 46.9 Å². The molecule has 0 aliphatic carbocycles. The van der Waals surface area contributed by atoms with E-state index in [1.807, 2.05) is 30.5 Å². The van der Waals surface area contributed by atoms with E-state index < -0.39 is 0 Å². The highest BCUT2D eigenvalue weighted by Gasteiger charge is 2.08. The van der Waals surface area contributed by atoms with Gasteiger partial charge in [0.25, 0.3) is 5.91 Å². The van der Waals surface area contributed by atoms with E-state index in [1.54, 1.807) is 40.7 Å². The molecule has 0 aliphatic heterocycles. The number of thioether (sulfide) groups is 1. The van der Waals surface area contributed by atoms with Gasteiger partial charge >= 0.3 is 0 Å². The van der Waals surface area contributed by atoms with Crippen molar-refractivity contribution in [3.63, 3.8) is 0 Å². The molecule has 1 amide bonds. The average Bonchev–Trinajstić information content (AvgIpc) is 3.02. The van der Waals surface area contributed by atoms with Gasteiger partial charge in [-0.2, -0.15) is 0 Å². The predicted molar refractivity (Wildman–Crippen MR) is 107 cm³/mol. The van der Waals surface area contributed by atoms with Crippen molar-refractivity contribution in [3.05, 3.63) is 68.6 Å². The molecule has 0 fully saturated rings. The smallest absolute Gasteiger partial charge is 0.251 e. The van der Waals surface area contributed by atoms with Crippen LogP contribution in [-0.2, 0) is 6.54 Å². The Kier molecular flexibility index (Phi) is 5.90. The first kappa shape index (κ1) is 18.1. The van der Waals surface area contributed by atoms with Gasteiger partial charge in [-0.3, -0.25) is 4.79 Å². The Bertz CT molecular complexity index is 933. The molecule has 0 spiro atoms. The van der Waals surface area contributed by atoms with Crippen molar-refractivity contribution in [1.29, 1.82) is 0 Å². The maximum atomic E-state index is 12.3. The van der Waals surface area contributed by atoms with E-state index in [0.29, 0.717) is 21.1 Å². The second-order valence-corrected chi connectivity index (χ2v) is 8.22. The first-order valence-corrected chi connectivity index (χ1v) is 10.2. The Morgan fingerprint density at radius 3 is 2.52 bits per heavy atom. The number of aromatic nitrogens is 2. The maximum Gasteiger partial charge on any atom is 0.251 e. The van der Waals surface area contributed by atoms with Crippen LogP contribution in [0.25, 0.3) is 5.69 Å². The number of carbonyl (C=O) groups is 1. The molecule has 1 N–H and O–H groups in total. The SMILES string of the molecule is CSc1nn(-c2ccc(C(=O)NCc3ccc(Cl)cc3)cc2)c(=S)s1. The van der Waals surface area contributed by atoms with Crippen LogP contribution in [0.3, 0.4) is 0 Å². The van der Waals surface area contributed by atoms with E-state index >= 15 is 0 Å². The van der Waals surface area contributed by atoms with Crippen LogP contribution in [-0.4, -0.2) is 21.9 Å². The van der Waals surface area contributed by atoms with Crippen molar-refractivity contribution in [2.24, 2.45) is 0 Å². The number of nitrogens with one attached hydrogen (secondary N) is 1. The Hall–Kier alpha value is -1.67. The quantitative estimate of drug-likeness (QED) is 0.479. The third-order valence-corrected chi connectivity index (χ3v) is 5.90. The lowest BCUT2D eigenvalue weighted by Gasteiger charge is -2.07. The molecule has 25 heavy (non-hydrogen) atoms. The van der Waals surface area contributed by atoms with E-state index in [9.17, 15) is 4.79 Å². The predicted octanol–water partition coefficient (Wildman–Crippen LogP) is 4.97. The summed E-state index contributed by atoms with van der Waals surface area (Å²) in [6, 6.07) is 14.6. The minimum atomic E-state index is -0.131. The highest BCUT2D eigenvalue weighted by Crippen LogP contribution is 2.22. The standard InChI is InChI=1S/C17H14ClN3OS3/c1-24-16-20-21(17(23)25-16)14-8-4-12(5-9-14)15(22)19-10-11-2-6-13(18)7-3-11/h2-9H,10H2,1H3,(H,19,22). The highest BCUT2D eigenvalue weighted by atomic mass is 35.5. The molecule has 2 aromatic carbocycles. The Morgan fingerprint density at radius 1 is 1.24 bits per heavy atom. The third kappa shape index (κ3) is 4.49. The second-order valence-electron chi connectivity index (χ2n) is 5.11. The molecule has 3 aromatic rings. The van der Waals surface area contributed by atoms with Gasteiger partial charge in [0.1, 0.15) is 0 Å². The number of nitrogens with zero attached hydrogens (tertiary/aromatic N) is 2. The molecule has 3 rings (SSSR count). The Balaban J connectivity index is 1.68. The molecule has 0 aliphatic rings. The summed E-state index contributed by atoms with van der Waals surface area (Å²) in [5, 5.41) is 8.01. The van der Waals surface area contributed by atoms with Crippen LogP contribution in [0.5, 0.6) is 0 Å². The molecule has 4 nitrogen and oxygen atoms in total. The Morgan fingerprint density at radius 2 is 1.92 bits per heavy atom. The van der Waals surface area contributed by atoms with Gasteiger partial charge in [0.15, 0.2) is 8.29 Å². The zero-order valence-corrected chi connectivity index (χ0v) is 16.4. The molecule has 8 heteroatoms. The van der Waals surface area contributed by atoms with Crippen LogP contribution in [0.4, 0.5) is 0 Å². The summed E-state index contributed by atoms with van der Waals surface area (Å²) in [7, 11) is 0. The maximum absolute atomic E-state index is 12.3. The minimum Gasteiger partial charge on any atom is -0.348 e. The fraction of sp³-hybridized carbons (Fsp3) is 0.118. The zero-order valence-electron chi connectivity index (χ0n) is 13.2. The highest BCUT2D eigenvalue weighted by molar-refractivity contribution is 8.00. The van der Waals surface area contributed by atoms with Crippen LogP contribution < -0.4 is 5.32 Å². The summed E-state index contributed by atoms with van der Waals surface area (Å²) in [4.78, 5) is 12.3. The van der Waals surface area contributed by atoms with Crippen LogP contribution in [0.15, 0.2) is 52.9 Å². The first-order valence-electron chi connectivity index (χ1n) is 7.34. The molecule has 1 heterocycles. The molecule has 0 saturated heterocycles. The molecule has 0 bridgehead atoms. The fourth-order valence-corrected chi connectivity index (χ4v) is 4.05. The summed E-state index contributed by atoms with van der Waals surface area (Å²) >= 11 is 14.2. The van der Waals surface area contributed by atoms with Crippen molar-refractivity contribution in [2.75, 3.05) is 6.26 Å². The minimum absolute atomic E-state index is 0.131. The van der Waals surface area contributed by atoms with Gasteiger partial charge in [-0.15, -0.1) is 5.10 Å². The number of benzene rings is 2. The van der Waals surface area contributed by atoms with Gasteiger partial charge in [-0.25, -0.2) is 4.68 Å². The van der Waals surface area contributed by atoms with Gasteiger partial charge in [0.2, 0.25) is 0 Å². The monoisotopic (exact) mass is 407 g/mol. The number of rotatable bonds is 5. The number of amides is 1. The number of halogens is 1. The summed E-state index contributed by atoms with van der Waals surface area (Å²) in [5.74, 6) is -0.131. The number of carbonyl (C=O) groups excluding carboxylic acids is 1. The van der Waals surface area contributed by atoms with Crippen molar-refractivity contribution < 1.29 is 4.79 Å². The molecular weight excluding hydrogens is 394 g/mol. The van der Waals surface area contributed by atoms with Gasteiger partial charge in [0, 0.05) is 17.1 Å². The number of hydrogen-bond acceptors (Lipinski definition) is 5. The normalized spacial score (nSPS) is 10.6. The van der Waals surface area contributed by atoms with Gasteiger partial charge < -0.3 is 5.32 Å². The van der Waals surface area contributed by atoms with E-state index in [-0.39, 0.29) is 5.91 Å². The molecule has 128 valence electrons. The van der Waals surface area contributed by atoms with Crippen LogP contribution in [0.2, 0.25) is 5.02 Å². The average molecular weight is 408 g/mol. The lowest BCUT2D eigenvalue weighted by molar-refractivity contribution is 0.0951. The molecular formula is C17H14ClN3OS3. The molecule has 1 aromatic heterocycles. The van der Waals surface area contributed by atoms with E-state index in [4.69, 9.17) is 23.8 Å². The van der Waals surface area contributed by atoms with Gasteiger partial charge in [0.05, 0.1) is 5.69 Å². The van der Waals surface area contributed by atoms with Crippen molar-refractivity contribution in [2.45, 2.75) is 10.9 Å². The first-order chi connectivity index (χ1) is 12.1. The van der Waals surface area contributed by atoms with Gasteiger partial charge in [-0.1, -0.05) is 46.8 Å². The fourth-order valence-electron chi connectivity index (χ4n) is 2.15. The number of hydrogen-bond donors (Lipinski definition) is 1. The van der Waals surface area contributed by atoms with E-state index in [2.05, 4.69) is 10.4 Å². The van der Waals surface area contributed by atoms with Crippen LogP contribution in [0, 0.1) is 3.95 Å². The molecule has 0 unspecified atom stereocenters. The summed E-state index contributed by atoms with van der Waals surface area (Å²) in [5.41, 5.74) is 2.42. The second kappa shape index (κ2) is 8.14. The molecule has 0 atom stereocenters. The Labute approximate surface area is 163 Å². The third-order valence-electron chi connectivity index (χ3n) is 3.44.